The third-order valence-corrected chi connectivity index (χ3v) is 4.87. The first-order chi connectivity index (χ1) is 11.1. The van der Waals surface area contributed by atoms with Crippen LogP contribution in [0.25, 0.3) is 0 Å². The Hall–Kier alpha value is -1.89. The van der Waals surface area contributed by atoms with Crippen molar-refractivity contribution in [3.8, 4) is 0 Å². The van der Waals surface area contributed by atoms with Crippen LogP contribution in [0.4, 0.5) is 4.79 Å². The van der Waals surface area contributed by atoms with E-state index in [-0.39, 0.29) is 6.09 Å². The topological polar surface area (TPSA) is 88.4 Å². The molecule has 7 heteroatoms. The Kier molecular flexibility index (Phi) is 3.75. The normalized spacial score (nSPS) is 27.9. The van der Waals surface area contributed by atoms with Gasteiger partial charge >= 0.3 is 12.1 Å². The lowest BCUT2D eigenvalue weighted by Crippen LogP contribution is -2.65. The fraction of sp³-hybridized carbons (Fsp3) is 0.706. The van der Waals surface area contributed by atoms with Crippen LogP contribution in [-0.2, 0) is 14.3 Å². The summed E-state index contributed by atoms with van der Waals surface area (Å²) in [4.78, 5) is 29.6. The van der Waals surface area contributed by atoms with Crippen molar-refractivity contribution in [2.75, 3.05) is 19.7 Å². The minimum atomic E-state index is -1.08. The lowest BCUT2D eigenvalue weighted by molar-refractivity contribution is -0.143. The van der Waals surface area contributed by atoms with Crippen LogP contribution in [0.15, 0.2) is 16.1 Å². The van der Waals surface area contributed by atoms with Crippen molar-refractivity contribution in [3.63, 3.8) is 0 Å². The maximum absolute atomic E-state index is 12.1. The van der Waals surface area contributed by atoms with Gasteiger partial charge in [0.25, 0.3) is 0 Å². The zero-order chi connectivity index (χ0) is 17.8. The van der Waals surface area contributed by atoms with Gasteiger partial charge in [-0.2, -0.15) is 0 Å². The van der Waals surface area contributed by atoms with Crippen LogP contribution in [0.5, 0.6) is 0 Å². The molecule has 1 atom stereocenters. The summed E-state index contributed by atoms with van der Waals surface area (Å²) in [6.07, 6.45) is 2.11. The highest BCUT2D eigenvalue weighted by molar-refractivity contribution is 5.91. The summed E-state index contributed by atoms with van der Waals surface area (Å²) in [6.45, 7) is 8.55. The Bertz CT molecular complexity index is 640. The summed E-state index contributed by atoms with van der Waals surface area (Å²) in [6, 6.07) is 0. The van der Waals surface area contributed by atoms with E-state index in [0.29, 0.717) is 32.5 Å². The van der Waals surface area contributed by atoms with Gasteiger partial charge in [-0.25, -0.2) is 9.59 Å². The fourth-order valence-electron chi connectivity index (χ4n) is 3.43. The molecule has 0 aliphatic carbocycles. The molecule has 7 nitrogen and oxygen atoms in total. The van der Waals surface area contributed by atoms with Gasteiger partial charge in [-0.3, -0.25) is 4.99 Å². The number of aliphatic carboxylic acids is 1. The maximum Gasteiger partial charge on any atom is 0.410 e. The molecule has 1 saturated heterocycles. The summed E-state index contributed by atoms with van der Waals surface area (Å²) in [5.74, 6) is -0.905. The molecule has 3 aliphatic heterocycles. The molecule has 0 radical (unpaired) electrons. The molecule has 1 spiro atoms. The molecule has 1 unspecified atom stereocenters. The monoisotopic (exact) mass is 336 g/mol. The maximum atomic E-state index is 12.1. The van der Waals surface area contributed by atoms with Gasteiger partial charge in [0.2, 0.25) is 0 Å². The second-order valence-electron chi connectivity index (χ2n) is 7.76. The number of nitrogens with zero attached hydrogens (tertiary/aromatic N) is 2. The first kappa shape index (κ1) is 17.0. The van der Waals surface area contributed by atoms with Gasteiger partial charge in [-0.15, -0.1) is 0 Å². The van der Waals surface area contributed by atoms with Crippen molar-refractivity contribution in [1.29, 1.82) is 0 Å². The van der Waals surface area contributed by atoms with E-state index in [4.69, 9.17) is 9.47 Å². The average molecular weight is 336 g/mol. The fourth-order valence-corrected chi connectivity index (χ4v) is 3.43. The molecule has 0 aromatic carbocycles. The molecule has 3 rings (SSSR count). The minimum absolute atomic E-state index is 0.355. The van der Waals surface area contributed by atoms with Crippen molar-refractivity contribution in [3.05, 3.63) is 11.1 Å². The molecule has 1 N–H and O–H groups in total. The lowest BCUT2D eigenvalue weighted by atomic mass is 9.79. The molecular weight excluding hydrogens is 312 g/mol. The smallest absolute Gasteiger partial charge is 0.410 e. The molecule has 0 aromatic heterocycles. The van der Waals surface area contributed by atoms with Crippen LogP contribution in [0.1, 0.15) is 40.5 Å². The highest BCUT2D eigenvalue weighted by Crippen LogP contribution is 2.44. The predicted octanol–water partition coefficient (Wildman–Crippen LogP) is 2.01. The van der Waals surface area contributed by atoms with Crippen molar-refractivity contribution in [1.82, 2.24) is 4.90 Å². The highest BCUT2D eigenvalue weighted by Gasteiger charge is 2.55. The van der Waals surface area contributed by atoms with Crippen molar-refractivity contribution >= 4 is 18.3 Å². The number of carboxylic acid groups (broad SMARTS) is 1. The van der Waals surface area contributed by atoms with Crippen LogP contribution >= 0.6 is 0 Å². The first-order valence-corrected chi connectivity index (χ1v) is 8.24. The molecule has 0 saturated carbocycles. The minimum Gasteiger partial charge on any atom is -0.479 e. The van der Waals surface area contributed by atoms with Gasteiger partial charge in [-0.1, -0.05) is 6.92 Å². The summed E-state index contributed by atoms with van der Waals surface area (Å²) in [5, 5.41) is 9.49. The molecule has 1 amide bonds. The number of rotatable bonds is 2. The van der Waals surface area contributed by atoms with E-state index in [9.17, 15) is 14.7 Å². The second kappa shape index (κ2) is 5.31. The number of amides is 1. The number of dihydropyridines is 1. The average Bonchev–Trinajstić information content (AvgIpc) is 2.81. The van der Waals surface area contributed by atoms with E-state index in [1.54, 1.807) is 11.1 Å². The van der Waals surface area contributed by atoms with Crippen molar-refractivity contribution in [2.24, 2.45) is 4.99 Å². The third kappa shape index (κ3) is 2.60. The Balaban J connectivity index is 1.71. The van der Waals surface area contributed by atoms with Crippen LogP contribution in [0.2, 0.25) is 0 Å². The predicted molar refractivity (Wildman–Crippen MR) is 87.3 cm³/mol. The second-order valence-corrected chi connectivity index (χ2v) is 7.76. The Labute approximate surface area is 141 Å². The summed E-state index contributed by atoms with van der Waals surface area (Å²) >= 11 is 0. The van der Waals surface area contributed by atoms with E-state index < -0.39 is 22.7 Å². The molecule has 3 heterocycles. The molecule has 1 fully saturated rings. The zero-order valence-corrected chi connectivity index (χ0v) is 14.6. The quantitative estimate of drug-likeness (QED) is 0.833. The number of likely N-dealkylation sites (tertiary alicyclic amines) is 1. The summed E-state index contributed by atoms with van der Waals surface area (Å²) in [7, 11) is 0. The molecule has 132 valence electrons. The van der Waals surface area contributed by atoms with Gasteiger partial charge in [0.15, 0.2) is 5.54 Å². The Morgan fingerprint density at radius 1 is 1.42 bits per heavy atom. The summed E-state index contributed by atoms with van der Waals surface area (Å²) < 4.78 is 11.3. The number of carbonyl (C=O) groups excluding carboxylic acids is 1. The molecule has 24 heavy (non-hydrogen) atoms. The molecular formula is C17H24N2O5. The van der Waals surface area contributed by atoms with E-state index in [1.165, 1.54) is 0 Å². The first-order valence-electron chi connectivity index (χ1n) is 8.24. The lowest BCUT2D eigenvalue weighted by Gasteiger charge is -2.48. The van der Waals surface area contributed by atoms with E-state index in [2.05, 4.69) is 4.99 Å². The molecule has 0 aromatic rings. The van der Waals surface area contributed by atoms with E-state index in [0.717, 1.165) is 11.1 Å². The van der Waals surface area contributed by atoms with Crippen LogP contribution in [0, 0.1) is 0 Å². The van der Waals surface area contributed by atoms with Gasteiger partial charge in [0, 0.05) is 18.2 Å². The number of carbonyl (C=O) groups is 2. The van der Waals surface area contributed by atoms with Gasteiger partial charge in [0.05, 0.1) is 19.7 Å². The van der Waals surface area contributed by atoms with Gasteiger partial charge < -0.3 is 19.5 Å². The number of hydrogen-bond donors (Lipinski definition) is 1. The number of hydrogen-bond acceptors (Lipinski definition) is 5. The van der Waals surface area contributed by atoms with E-state index in [1.807, 2.05) is 27.7 Å². The largest absolute Gasteiger partial charge is 0.479 e. The SMILES string of the molecule is CCC1(C(=O)O)CC2=C(C=N1)C1(CN(C(=O)OC(C)(C)C)C1)OC2. The van der Waals surface area contributed by atoms with Crippen LogP contribution in [-0.4, -0.2) is 64.7 Å². The summed E-state index contributed by atoms with van der Waals surface area (Å²) in [5.41, 5.74) is -0.239. The number of carboxylic acids is 1. The Morgan fingerprint density at radius 2 is 2.08 bits per heavy atom. The molecule has 3 aliphatic rings. The van der Waals surface area contributed by atoms with E-state index >= 15 is 0 Å². The number of ether oxygens (including phenoxy) is 2. The number of aliphatic imine (C=N–C) groups is 1. The van der Waals surface area contributed by atoms with Gasteiger partial charge in [-0.05, 0) is 32.8 Å². The van der Waals surface area contributed by atoms with Crippen LogP contribution in [0.3, 0.4) is 0 Å². The standard InChI is InChI=1S/C17H24N2O5/c1-5-16(13(20)21)6-11-8-23-17(12(11)7-18-16)9-19(10-17)14(22)24-15(2,3)4/h7H,5-6,8-10H2,1-4H3,(H,20,21). The zero-order valence-electron chi connectivity index (χ0n) is 14.6. The van der Waals surface area contributed by atoms with Crippen molar-refractivity contribution < 1.29 is 24.2 Å². The highest BCUT2D eigenvalue weighted by atomic mass is 16.6. The molecule has 0 bridgehead atoms. The van der Waals surface area contributed by atoms with Crippen molar-refractivity contribution in [2.45, 2.75) is 57.3 Å². The Morgan fingerprint density at radius 3 is 2.62 bits per heavy atom. The third-order valence-electron chi connectivity index (χ3n) is 4.87. The van der Waals surface area contributed by atoms with Crippen LogP contribution < -0.4 is 0 Å². The van der Waals surface area contributed by atoms with Gasteiger partial charge in [0.1, 0.15) is 11.2 Å². The number of fused-ring (bicyclic) bond motifs is 1.